The van der Waals surface area contributed by atoms with Crippen LogP contribution in [0.15, 0.2) is 35.2 Å². The lowest BCUT2D eigenvalue weighted by atomic mass is 10.1. The van der Waals surface area contributed by atoms with E-state index in [1.807, 2.05) is 0 Å². The fourth-order valence-electron chi connectivity index (χ4n) is 3.49. The first kappa shape index (κ1) is 20.9. The van der Waals surface area contributed by atoms with Crippen molar-refractivity contribution in [3.63, 3.8) is 0 Å². The number of aromatic carboxylic acids is 1. The van der Waals surface area contributed by atoms with Gasteiger partial charge in [0.1, 0.15) is 0 Å². The second-order valence-electron chi connectivity index (χ2n) is 7.32. The standard InChI is InChI=1S/C21H24N2O5S/c1-13-7-6-8-17(20(24)23-9-4-5-10-23)19(13)22-29(27,28)18-12-16(21(25)26)11-14(2)15(18)3/h6-8,11-12,22H,4-5,9-10H2,1-3H3,(H,25,26). The van der Waals surface area contributed by atoms with E-state index in [4.69, 9.17) is 0 Å². The number of nitrogens with zero attached hydrogens (tertiary/aromatic N) is 1. The van der Waals surface area contributed by atoms with Crippen LogP contribution < -0.4 is 4.72 Å². The van der Waals surface area contributed by atoms with Crippen LogP contribution >= 0.6 is 0 Å². The van der Waals surface area contributed by atoms with Crippen LogP contribution in [0.1, 0.15) is 50.2 Å². The first-order chi connectivity index (χ1) is 13.6. The summed E-state index contributed by atoms with van der Waals surface area (Å²) in [4.78, 5) is 25.9. The number of carbonyl (C=O) groups is 2. The van der Waals surface area contributed by atoms with Crippen molar-refractivity contribution >= 4 is 27.6 Å². The molecule has 1 saturated heterocycles. The number of likely N-dealkylation sites (tertiary alicyclic amines) is 1. The van der Waals surface area contributed by atoms with Crippen LogP contribution in [0.2, 0.25) is 0 Å². The second kappa shape index (κ2) is 7.87. The molecule has 1 amide bonds. The molecule has 0 aliphatic carbocycles. The summed E-state index contributed by atoms with van der Waals surface area (Å²) in [6.07, 6.45) is 1.86. The number of carboxylic acid groups (broad SMARTS) is 1. The molecule has 3 rings (SSSR count). The van der Waals surface area contributed by atoms with Crippen molar-refractivity contribution in [1.82, 2.24) is 4.90 Å². The Morgan fingerprint density at radius 2 is 1.69 bits per heavy atom. The van der Waals surface area contributed by atoms with Crippen molar-refractivity contribution in [2.75, 3.05) is 17.8 Å². The van der Waals surface area contributed by atoms with Crippen LogP contribution in [0.5, 0.6) is 0 Å². The van der Waals surface area contributed by atoms with E-state index in [-0.39, 0.29) is 22.1 Å². The number of nitrogens with one attached hydrogen (secondary N) is 1. The van der Waals surface area contributed by atoms with Gasteiger partial charge in [0.15, 0.2) is 0 Å². The maximum atomic E-state index is 13.2. The van der Waals surface area contributed by atoms with Crippen LogP contribution in [0.25, 0.3) is 0 Å². The quantitative estimate of drug-likeness (QED) is 0.778. The molecular formula is C21H24N2O5S. The lowest BCUT2D eigenvalue weighted by Gasteiger charge is -2.20. The topological polar surface area (TPSA) is 104 Å². The van der Waals surface area contributed by atoms with Crippen LogP contribution in [0.4, 0.5) is 5.69 Å². The Morgan fingerprint density at radius 1 is 1.03 bits per heavy atom. The molecule has 0 bridgehead atoms. The van der Waals surface area contributed by atoms with Crippen LogP contribution in [-0.4, -0.2) is 43.4 Å². The number of amides is 1. The van der Waals surface area contributed by atoms with E-state index < -0.39 is 16.0 Å². The molecule has 0 atom stereocenters. The van der Waals surface area contributed by atoms with E-state index in [9.17, 15) is 23.1 Å². The summed E-state index contributed by atoms with van der Waals surface area (Å²) < 4.78 is 28.9. The zero-order valence-electron chi connectivity index (χ0n) is 16.7. The number of anilines is 1. The number of aryl methyl sites for hydroxylation is 2. The molecule has 7 nitrogen and oxygen atoms in total. The summed E-state index contributed by atoms with van der Waals surface area (Å²) in [5, 5.41) is 9.30. The van der Waals surface area contributed by atoms with Gasteiger partial charge in [-0.25, -0.2) is 13.2 Å². The third-order valence-corrected chi connectivity index (χ3v) is 6.76. The van der Waals surface area contributed by atoms with E-state index >= 15 is 0 Å². The van der Waals surface area contributed by atoms with Gasteiger partial charge >= 0.3 is 5.97 Å². The minimum atomic E-state index is -4.11. The van der Waals surface area contributed by atoms with Gasteiger partial charge in [0, 0.05) is 13.1 Å². The molecule has 0 saturated carbocycles. The SMILES string of the molecule is Cc1cc(C(=O)O)cc(S(=O)(=O)Nc2c(C)cccc2C(=O)N2CCCC2)c1C. The third kappa shape index (κ3) is 4.12. The Balaban J connectivity index is 2.06. The third-order valence-electron chi connectivity index (χ3n) is 5.29. The molecule has 1 fully saturated rings. The summed E-state index contributed by atoms with van der Waals surface area (Å²) >= 11 is 0. The zero-order chi connectivity index (χ0) is 21.3. The number of hydrogen-bond acceptors (Lipinski definition) is 4. The van der Waals surface area contributed by atoms with E-state index in [1.54, 1.807) is 43.9 Å². The van der Waals surface area contributed by atoms with Crippen molar-refractivity contribution < 1.29 is 23.1 Å². The summed E-state index contributed by atoms with van der Waals surface area (Å²) in [5.74, 6) is -1.42. The van der Waals surface area contributed by atoms with Gasteiger partial charge in [-0.2, -0.15) is 0 Å². The molecule has 0 spiro atoms. The first-order valence-electron chi connectivity index (χ1n) is 9.38. The number of carbonyl (C=O) groups excluding carboxylic acids is 1. The number of benzene rings is 2. The number of sulfonamides is 1. The van der Waals surface area contributed by atoms with Crippen LogP contribution in [-0.2, 0) is 10.0 Å². The summed E-state index contributed by atoms with van der Waals surface area (Å²) in [5.41, 5.74) is 2.04. The molecule has 2 N–H and O–H groups in total. The Labute approximate surface area is 170 Å². The van der Waals surface area contributed by atoms with E-state index in [1.165, 1.54) is 6.07 Å². The highest BCUT2D eigenvalue weighted by atomic mass is 32.2. The zero-order valence-corrected chi connectivity index (χ0v) is 17.5. The van der Waals surface area contributed by atoms with Crippen LogP contribution in [0, 0.1) is 20.8 Å². The van der Waals surface area contributed by atoms with Gasteiger partial charge < -0.3 is 10.0 Å². The normalized spacial score (nSPS) is 14.1. The monoisotopic (exact) mass is 416 g/mol. The first-order valence-corrected chi connectivity index (χ1v) is 10.9. The molecule has 2 aromatic rings. The average molecular weight is 416 g/mol. The lowest BCUT2D eigenvalue weighted by Crippen LogP contribution is -2.29. The smallest absolute Gasteiger partial charge is 0.335 e. The molecule has 1 aliphatic rings. The van der Waals surface area contributed by atoms with Crippen molar-refractivity contribution in [3.8, 4) is 0 Å². The van der Waals surface area contributed by atoms with Gasteiger partial charge in [-0.15, -0.1) is 0 Å². The summed E-state index contributed by atoms with van der Waals surface area (Å²) in [6, 6.07) is 7.64. The molecule has 2 aromatic carbocycles. The van der Waals surface area contributed by atoms with Gasteiger partial charge in [-0.05, 0) is 68.5 Å². The van der Waals surface area contributed by atoms with Gasteiger partial charge in [-0.3, -0.25) is 9.52 Å². The van der Waals surface area contributed by atoms with Gasteiger partial charge in [-0.1, -0.05) is 12.1 Å². The van der Waals surface area contributed by atoms with Gasteiger partial charge in [0.2, 0.25) is 0 Å². The molecular weight excluding hydrogens is 392 g/mol. The molecule has 8 heteroatoms. The van der Waals surface area contributed by atoms with Crippen LogP contribution in [0.3, 0.4) is 0 Å². The Morgan fingerprint density at radius 3 is 2.31 bits per heavy atom. The molecule has 0 aromatic heterocycles. The van der Waals surface area contributed by atoms with Crippen molar-refractivity contribution in [3.05, 3.63) is 58.1 Å². The number of hydrogen-bond donors (Lipinski definition) is 2. The maximum Gasteiger partial charge on any atom is 0.335 e. The molecule has 154 valence electrons. The van der Waals surface area contributed by atoms with Gasteiger partial charge in [0.05, 0.1) is 21.7 Å². The Kier molecular flexibility index (Phi) is 5.66. The molecule has 0 radical (unpaired) electrons. The molecule has 29 heavy (non-hydrogen) atoms. The van der Waals surface area contributed by atoms with Crippen molar-refractivity contribution in [2.45, 2.75) is 38.5 Å². The highest BCUT2D eigenvalue weighted by molar-refractivity contribution is 7.92. The molecule has 0 unspecified atom stereocenters. The highest BCUT2D eigenvalue weighted by Gasteiger charge is 2.26. The summed E-state index contributed by atoms with van der Waals surface area (Å²) in [6.45, 7) is 6.32. The maximum absolute atomic E-state index is 13.2. The highest BCUT2D eigenvalue weighted by Crippen LogP contribution is 2.29. The predicted molar refractivity (Wildman–Crippen MR) is 110 cm³/mol. The fraction of sp³-hybridized carbons (Fsp3) is 0.333. The lowest BCUT2D eigenvalue weighted by molar-refractivity contribution is 0.0695. The minimum absolute atomic E-state index is 0.105. The minimum Gasteiger partial charge on any atom is -0.478 e. The van der Waals surface area contributed by atoms with E-state index in [2.05, 4.69) is 4.72 Å². The Hall–Kier alpha value is -2.87. The summed E-state index contributed by atoms with van der Waals surface area (Å²) in [7, 11) is -4.11. The number of para-hydroxylation sites is 1. The van der Waals surface area contributed by atoms with Gasteiger partial charge in [0.25, 0.3) is 15.9 Å². The average Bonchev–Trinajstić information content (AvgIpc) is 3.19. The molecule has 1 heterocycles. The predicted octanol–water partition coefficient (Wildman–Crippen LogP) is 3.35. The second-order valence-corrected chi connectivity index (χ2v) is 8.97. The number of rotatable bonds is 5. The molecule has 1 aliphatic heterocycles. The van der Waals surface area contributed by atoms with Crippen molar-refractivity contribution in [1.29, 1.82) is 0 Å². The number of carboxylic acids is 1. The van der Waals surface area contributed by atoms with E-state index in [0.717, 1.165) is 18.9 Å². The van der Waals surface area contributed by atoms with Crippen molar-refractivity contribution in [2.24, 2.45) is 0 Å². The van der Waals surface area contributed by atoms with E-state index in [0.29, 0.717) is 35.3 Å². The largest absolute Gasteiger partial charge is 0.478 e. The fourth-order valence-corrected chi connectivity index (χ4v) is 4.99. The Bertz CT molecular complexity index is 1090.